The van der Waals surface area contributed by atoms with Crippen LogP contribution in [0.25, 0.3) is 0 Å². The molecule has 1 aromatic rings. The lowest BCUT2D eigenvalue weighted by Gasteiger charge is -1.91. The molecule has 0 amide bonds. The minimum absolute atomic E-state index is 0.288. The fraction of sp³-hybridized carbons (Fsp3) is 0.200. The molecule has 0 saturated carbocycles. The smallest absolute Gasteiger partial charge is 0.236 e. The normalized spacial score (nSPS) is 9.30. The van der Waals surface area contributed by atoms with E-state index in [1.54, 1.807) is 6.08 Å². The van der Waals surface area contributed by atoms with Gasteiger partial charge in [0.1, 0.15) is 0 Å². The van der Waals surface area contributed by atoms with Gasteiger partial charge in [-0.2, -0.15) is 9.36 Å². The molecule has 54 valence electrons. The Kier molecular flexibility index (Phi) is 2.65. The van der Waals surface area contributed by atoms with Gasteiger partial charge in [0, 0.05) is 18.1 Å². The molecule has 0 aromatic carbocycles. The van der Waals surface area contributed by atoms with Crippen LogP contribution in [0.4, 0.5) is 5.13 Å². The van der Waals surface area contributed by atoms with Gasteiger partial charge in [0.15, 0.2) is 0 Å². The molecular formula is C5H6ClN3S. The molecule has 0 fully saturated rings. The van der Waals surface area contributed by atoms with Crippen LogP contribution < -0.4 is 5.32 Å². The molecule has 1 aromatic heterocycles. The lowest BCUT2D eigenvalue weighted by atomic mass is 10.6. The maximum Gasteiger partial charge on any atom is 0.236 e. The molecule has 0 aliphatic rings. The standard InChI is InChI=1S/C5H6ClN3S/c1-2-3-7-5-8-4(6)9-10-5/h2H,1,3H2,(H,7,8,9). The molecule has 10 heavy (non-hydrogen) atoms. The lowest BCUT2D eigenvalue weighted by molar-refractivity contribution is 1.26. The van der Waals surface area contributed by atoms with E-state index in [1.807, 2.05) is 0 Å². The summed E-state index contributed by atoms with van der Waals surface area (Å²) in [5, 5.41) is 3.97. The van der Waals surface area contributed by atoms with E-state index in [2.05, 4.69) is 21.3 Å². The number of aromatic nitrogens is 2. The molecule has 0 saturated heterocycles. The average molecular weight is 176 g/mol. The fourth-order valence-corrected chi connectivity index (χ4v) is 1.15. The van der Waals surface area contributed by atoms with E-state index in [9.17, 15) is 0 Å². The minimum Gasteiger partial charge on any atom is -0.357 e. The number of anilines is 1. The second kappa shape index (κ2) is 3.53. The molecule has 0 spiro atoms. The summed E-state index contributed by atoms with van der Waals surface area (Å²) in [5.74, 6) is 0. The summed E-state index contributed by atoms with van der Waals surface area (Å²) in [6.45, 7) is 4.23. The van der Waals surface area contributed by atoms with Crippen molar-refractivity contribution in [3.05, 3.63) is 17.9 Å². The third kappa shape index (κ3) is 1.97. The first-order valence-electron chi connectivity index (χ1n) is 2.67. The number of halogens is 1. The highest BCUT2D eigenvalue weighted by atomic mass is 35.5. The average Bonchev–Trinajstić information content (AvgIpc) is 2.31. The predicted octanol–water partition coefficient (Wildman–Crippen LogP) is 1.79. The van der Waals surface area contributed by atoms with E-state index in [1.165, 1.54) is 11.5 Å². The van der Waals surface area contributed by atoms with E-state index >= 15 is 0 Å². The Balaban J connectivity index is 2.49. The monoisotopic (exact) mass is 175 g/mol. The maximum absolute atomic E-state index is 5.46. The summed E-state index contributed by atoms with van der Waals surface area (Å²) >= 11 is 6.70. The number of nitrogens with one attached hydrogen (secondary N) is 1. The Labute approximate surface area is 67.9 Å². The molecule has 0 aliphatic carbocycles. The van der Waals surface area contributed by atoms with Gasteiger partial charge in [-0.25, -0.2) is 0 Å². The van der Waals surface area contributed by atoms with Crippen LogP contribution in [0.2, 0.25) is 5.28 Å². The van der Waals surface area contributed by atoms with Gasteiger partial charge in [0.05, 0.1) is 0 Å². The third-order valence-electron chi connectivity index (χ3n) is 0.799. The van der Waals surface area contributed by atoms with Gasteiger partial charge < -0.3 is 5.32 Å². The first kappa shape index (κ1) is 7.50. The van der Waals surface area contributed by atoms with Crippen molar-refractivity contribution < 1.29 is 0 Å². The second-order valence-electron chi connectivity index (χ2n) is 1.54. The van der Waals surface area contributed by atoms with Crippen molar-refractivity contribution in [2.75, 3.05) is 11.9 Å². The highest BCUT2D eigenvalue weighted by Crippen LogP contribution is 2.13. The van der Waals surface area contributed by atoms with Gasteiger partial charge in [-0.3, -0.25) is 0 Å². The first-order chi connectivity index (χ1) is 4.83. The molecule has 3 nitrogen and oxygen atoms in total. The van der Waals surface area contributed by atoms with Crippen molar-refractivity contribution in [3.8, 4) is 0 Å². The van der Waals surface area contributed by atoms with E-state index in [0.717, 1.165) is 5.13 Å². The van der Waals surface area contributed by atoms with Crippen LogP contribution in [-0.2, 0) is 0 Å². The molecule has 0 radical (unpaired) electrons. The summed E-state index contributed by atoms with van der Waals surface area (Å²) in [6, 6.07) is 0. The molecule has 0 aliphatic heterocycles. The summed E-state index contributed by atoms with van der Waals surface area (Å²) in [7, 11) is 0. The SMILES string of the molecule is C=CCNc1nc(Cl)ns1. The first-order valence-corrected chi connectivity index (χ1v) is 3.82. The van der Waals surface area contributed by atoms with Crippen molar-refractivity contribution in [3.63, 3.8) is 0 Å². The van der Waals surface area contributed by atoms with E-state index in [4.69, 9.17) is 11.6 Å². The highest BCUT2D eigenvalue weighted by molar-refractivity contribution is 7.09. The van der Waals surface area contributed by atoms with Crippen LogP contribution >= 0.6 is 23.1 Å². The van der Waals surface area contributed by atoms with Crippen LogP contribution in [-0.4, -0.2) is 15.9 Å². The Morgan fingerprint density at radius 3 is 3.10 bits per heavy atom. The molecule has 1 N–H and O–H groups in total. The topological polar surface area (TPSA) is 37.8 Å². The summed E-state index contributed by atoms with van der Waals surface area (Å²) < 4.78 is 3.77. The van der Waals surface area contributed by atoms with E-state index in [0.29, 0.717) is 6.54 Å². The van der Waals surface area contributed by atoms with Gasteiger partial charge in [0.25, 0.3) is 0 Å². The second-order valence-corrected chi connectivity index (χ2v) is 2.63. The van der Waals surface area contributed by atoms with Gasteiger partial charge in [-0.05, 0) is 11.6 Å². The zero-order valence-electron chi connectivity index (χ0n) is 5.17. The van der Waals surface area contributed by atoms with Crippen LogP contribution in [0.15, 0.2) is 12.7 Å². The maximum atomic E-state index is 5.46. The van der Waals surface area contributed by atoms with Crippen molar-refractivity contribution in [2.45, 2.75) is 0 Å². The molecule has 0 atom stereocenters. The van der Waals surface area contributed by atoms with Crippen LogP contribution in [0, 0.1) is 0 Å². The van der Waals surface area contributed by atoms with E-state index in [-0.39, 0.29) is 5.28 Å². The van der Waals surface area contributed by atoms with Crippen LogP contribution in [0.3, 0.4) is 0 Å². The zero-order chi connectivity index (χ0) is 7.40. The molecule has 0 bridgehead atoms. The Hall–Kier alpha value is -0.610. The van der Waals surface area contributed by atoms with Gasteiger partial charge in [-0.15, -0.1) is 6.58 Å². The van der Waals surface area contributed by atoms with Crippen LogP contribution in [0.5, 0.6) is 0 Å². The van der Waals surface area contributed by atoms with Crippen molar-refractivity contribution in [1.82, 2.24) is 9.36 Å². The molecule has 5 heteroatoms. The zero-order valence-corrected chi connectivity index (χ0v) is 6.74. The van der Waals surface area contributed by atoms with Crippen molar-refractivity contribution in [2.24, 2.45) is 0 Å². The fourth-order valence-electron chi connectivity index (χ4n) is 0.437. The van der Waals surface area contributed by atoms with Crippen LogP contribution in [0.1, 0.15) is 0 Å². The Bertz CT molecular complexity index is 222. The Morgan fingerprint density at radius 2 is 2.60 bits per heavy atom. The molecule has 1 heterocycles. The quantitative estimate of drug-likeness (QED) is 0.712. The van der Waals surface area contributed by atoms with Crippen molar-refractivity contribution in [1.29, 1.82) is 0 Å². The number of hydrogen-bond donors (Lipinski definition) is 1. The predicted molar refractivity (Wildman–Crippen MR) is 43.6 cm³/mol. The summed E-state index contributed by atoms with van der Waals surface area (Å²) in [6.07, 6.45) is 1.75. The lowest BCUT2D eigenvalue weighted by Crippen LogP contribution is -1.95. The van der Waals surface area contributed by atoms with Crippen molar-refractivity contribution >= 4 is 28.3 Å². The minimum atomic E-state index is 0.288. The van der Waals surface area contributed by atoms with Gasteiger partial charge in [0.2, 0.25) is 10.4 Å². The summed E-state index contributed by atoms with van der Waals surface area (Å²) in [4.78, 5) is 3.86. The third-order valence-corrected chi connectivity index (χ3v) is 1.74. The Morgan fingerprint density at radius 1 is 1.80 bits per heavy atom. The molecular weight excluding hydrogens is 170 g/mol. The highest BCUT2D eigenvalue weighted by Gasteiger charge is 1.96. The number of hydrogen-bond acceptors (Lipinski definition) is 4. The van der Waals surface area contributed by atoms with E-state index < -0.39 is 0 Å². The number of rotatable bonds is 3. The largest absolute Gasteiger partial charge is 0.357 e. The van der Waals surface area contributed by atoms with Gasteiger partial charge in [-0.1, -0.05) is 6.08 Å². The molecule has 0 unspecified atom stereocenters. The van der Waals surface area contributed by atoms with Gasteiger partial charge >= 0.3 is 0 Å². The molecule has 1 rings (SSSR count). The summed E-state index contributed by atoms with van der Waals surface area (Å²) in [5.41, 5.74) is 0. The number of nitrogens with zero attached hydrogens (tertiary/aromatic N) is 2.